The predicted octanol–water partition coefficient (Wildman–Crippen LogP) is 1.50. The van der Waals surface area contributed by atoms with E-state index in [1.807, 2.05) is 6.92 Å². The third-order valence-corrected chi connectivity index (χ3v) is 3.93. The first-order chi connectivity index (χ1) is 9.60. The summed E-state index contributed by atoms with van der Waals surface area (Å²) in [6.07, 6.45) is 4.83. The summed E-state index contributed by atoms with van der Waals surface area (Å²) in [6.45, 7) is 2.67. The Morgan fingerprint density at radius 1 is 1.35 bits per heavy atom. The lowest BCUT2D eigenvalue weighted by atomic mass is 10.1. The topological polar surface area (TPSA) is 87.7 Å². The van der Waals surface area contributed by atoms with Crippen molar-refractivity contribution in [3.63, 3.8) is 0 Å². The van der Waals surface area contributed by atoms with Crippen LogP contribution in [-0.4, -0.2) is 41.9 Å². The van der Waals surface area contributed by atoms with E-state index in [2.05, 4.69) is 10.6 Å². The lowest BCUT2D eigenvalue weighted by Crippen LogP contribution is -2.49. The zero-order chi connectivity index (χ0) is 14.5. The number of aliphatic carboxylic acids is 1. The molecule has 20 heavy (non-hydrogen) atoms. The maximum atomic E-state index is 12.0. The monoisotopic (exact) mass is 284 g/mol. The Morgan fingerprint density at radius 3 is 2.70 bits per heavy atom. The van der Waals surface area contributed by atoms with Gasteiger partial charge in [-0.2, -0.15) is 0 Å². The summed E-state index contributed by atoms with van der Waals surface area (Å²) < 4.78 is 5.67. The lowest BCUT2D eigenvalue weighted by molar-refractivity contribution is -0.137. The van der Waals surface area contributed by atoms with Crippen LogP contribution in [0, 0.1) is 5.92 Å². The number of carboxylic acid groups (broad SMARTS) is 1. The number of urea groups is 1. The molecule has 0 aromatic heterocycles. The molecule has 1 aliphatic heterocycles. The van der Waals surface area contributed by atoms with Crippen LogP contribution < -0.4 is 10.6 Å². The molecule has 3 N–H and O–H groups in total. The van der Waals surface area contributed by atoms with Gasteiger partial charge >= 0.3 is 12.0 Å². The van der Waals surface area contributed by atoms with Gasteiger partial charge in [0.1, 0.15) is 0 Å². The Labute approximate surface area is 119 Å². The largest absolute Gasteiger partial charge is 0.481 e. The van der Waals surface area contributed by atoms with Crippen LogP contribution in [0.5, 0.6) is 0 Å². The fraction of sp³-hybridized carbons (Fsp3) is 0.857. The summed E-state index contributed by atoms with van der Waals surface area (Å²) in [7, 11) is 0. The van der Waals surface area contributed by atoms with E-state index in [1.54, 1.807) is 0 Å². The molecule has 2 aliphatic rings. The van der Waals surface area contributed by atoms with E-state index >= 15 is 0 Å². The van der Waals surface area contributed by atoms with Gasteiger partial charge in [-0.1, -0.05) is 13.3 Å². The van der Waals surface area contributed by atoms with Gasteiger partial charge in [-0.25, -0.2) is 4.79 Å². The maximum Gasteiger partial charge on any atom is 0.315 e. The van der Waals surface area contributed by atoms with Crippen LogP contribution in [0.3, 0.4) is 0 Å². The predicted molar refractivity (Wildman–Crippen MR) is 73.5 cm³/mol. The number of hydrogen-bond donors (Lipinski definition) is 3. The molecule has 0 aromatic rings. The number of ether oxygens (including phenoxy) is 1. The molecule has 3 atom stereocenters. The van der Waals surface area contributed by atoms with Gasteiger partial charge in [0.15, 0.2) is 0 Å². The van der Waals surface area contributed by atoms with Crippen molar-refractivity contribution >= 4 is 12.0 Å². The van der Waals surface area contributed by atoms with Crippen molar-refractivity contribution in [2.75, 3.05) is 6.61 Å². The Bertz CT molecular complexity index is 357. The fourth-order valence-corrected chi connectivity index (χ4v) is 2.84. The molecular formula is C14H24N2O4. The van der Waals surface area contributed by atoms with Crippen molar-refractivity contribution in [3.8, 4) is 0 Å². The van der Waals surface area contributed by atoms with Gasteiger partial charge in [0.25, 0.3) is 0 Å². The van der Waals surface area contributed by atoms with E-state index < -0.39 is 5.97 Å². The first-order valence-electron chi connectivity index (χ1n) is 7.50. The smallest absolute Gasteiger partial charge is 0.315 e. The van der Waals surface area contributed by atoms with Crippen LogP contribution in [0.25, 0.3) is 0 Å². The third kappa shape index (κ3) is 4.37. The van der Waals surface area contributed by atoms with Gasteiger partial charge in [0.05, 0.1) is 18.6 Å². The van der Waals surface area contributed by atoms with Crippen LogP contribution in [-0.2, 0) is 9.53 Å². The van der Waals surface area contributed by atoms with Crippen LogP contribution in [0.4, 0.5) is 4.79 Å². The Morgan fingerprint density at radius 2 is 2.10 bits per heavy atom. The highest BCUT2D eigenvalue weighted by Gasteiger charge is 2.41. The van der Waals surface area contributed by atoms with Crippen molar-refractivity contribution in [1.82, 2.24) is 10.6 Å². The van der Waals surface area contributed by atoms with Gasteiger partial charge in [-0.05, 0) is 31.6 Å². The van der Waals surface area contributed by atoms with Crippen molar-refractivity contribution in [1.29, 1.82) is 0 Å². The molecule has 1 saturated carbocycles. The van der Waals surface area contributed by atoms with E-state index in [4.69, 9.17) is 9.84 Å². The molecule has 114 valence electrons. The molecule has 6 heteroatoms. The lowest BCUT2D eigenvalue weighted by Gasteiger charge is -2.22. The zero-order valence-corrected chi connectivity index (χ0v) is 11.9. The van der Waals surface area contributed by atoms with E-state index in [1.165, 1.54) is 12.8 Å². The van der Waals surface area contributed by atoms with E-state index in [0.29, 0.717) is 18.9 Å². The molecule has 1 saturated heterocycles. The summed E-state index contributed by atoms with van der Waals surface area (Å²) in [5.74, 6) is -0.294. The molecule has 0 radical (unpaired) electrons. The standard InChI is InChI=1S/C14H24N2O4/c1-2-3-10(8-12(17)18)15-14(19)16-11-6-7-20-13(11)9-4-5-9/h9-11,13H,2-8H2,1H3,(H,17,18)(H2,15,16,19). The summed E-state index contributed by atoms with van der Waals surface area (Å²) in [6, 6.07) is -0.514. The van der Waals surface area contributed by atoms with Gasteiger partial charge < -0.3 is 20.5 Å². The molecule has 1 aliphatic carbocycles. The van der Waals surface area contributed by atoms with Crippen LogP contribution in [0.1, 0.15) is 45.4 Å². The SMILES string of the molecule is CCCC(CC(=O)O)NC(=O)NC1CCOC1C1CC1. The molecule has 0 bridgehead atoms. The number of nitrogens with one attached hydrogen (secondary N) is 2. The molecule has 2 fully saturated rings. The third-order valence-electron chi connectivity index (χ3n) is 3.93. The Hall–Kier alpha value is -1.30. The number of hydrogen-bond acceptors (Lipinski definition) is 3. The number of carbonyl (C=O) groups is 2. The van der Waals surface area contributed by atoms with Crippen LogP contribution in [0.2, 0.25) is 0 Å². The quantitative estimate of drug-likeness (QED) is 0.661. The van der Waals surface area contributed by atoms with Crippen molar-refractivity contribution in [2.45, 2.75) is 63.6 Å². The second-order valence-electron chi connectivity index (χ2n) is 5.77. The van der Waals surface area contributed by atoms with E-state index in [-0.39, 0.29) is 30.6 Å². The van der Waals surface area contributed by atoms with Crippen LogP contribution in [0.15, 0.2) is 0 Å². The van der Waals surface area contributed by atoms with Crippen LogP contribution >= 0.6 is 0 Å². The molecular weight excluding hydrogens is 260 g/mol. The zero-order valence-electron chi connectivity index (χ0n) is 11.9. The van der Waals surface area contributed by atoms with Gasteiger partial charge in [0.2, 0.25) is 0 Å². The number of amides is 2. The second-order valence-corrected chi connectivity index (χ2v) is 5.77. The summed E-state index contributed by atoms with van der Waals surface area (Å²) >= 11 is 0. The molecule has 2 amide bonds. The molecule has 3 unspecified atom stereocenters. The number of rotatable bonds is 7. The van der Waals surface area contributed by atoms with E-state index in [0.717, 1.165) is 12.8 Å². The van der Waals surface area contributed by atoms with Crippen molar-refractivity contribution < 1.29 is 19.4 Å². The summed E-state index contributed by atoms with van der Waals surface area (Å²) in [5.41, 5.74) is 0. The second kappa shape index (κ2) is 6.92. The van der Waals surface area contributed by atoms with Crippen molar-refractivity contribution in [2.24, 2.45) is 5.92 Å². The van der Waals surface area contributed by atoms with Gasteiger partial charge in [-0.3, -0.25) is 4.79 Å². The first-order valence-corrected chi connectivity index (χ1v) is 7.50. The average Bonchev–Trinajstić information content (AvgIpc) is 3.10. The summed E-state index contributed by atoms with van der Waals surface area (Å²) in [4.78, 5) is 22.8. The number of carboxylic acids is 1. The highest BCUT2D eigenvalue weighted by molar-refractivity contribution is 5.76. The highest BCUT2D eigenvalue weighted by atomic mass is 16.5. The maximum absolute atomic E-state index is 12.0. The normalized spacial score (nSPS) is 27.1. The molecule has 0 spiro atoms. The average molecular weight is 284 g/mol. The first kappa shape index (κ1) is 15.1. The molecule has 2 rings (SSSR count). The number of carbonyl (C=O) groups excluding carboxylic acids is 1. The molecule has 1 heterocycles. The van der Waals surface area contributed by atoms with Gasteiger partial charge in [-0.15, -0.1) is 0 Å². The van der Waals surface area contributed by atoms with Gasteiger partial charge in [0, 0.05) is 12.6 Å². The summed E-state index contributed by atoms with van der Waals surface area (Å²) in [5, 5.41) is 14.6. The fourth-order valence-electron chi connectivity index (χ4n) is 2.84. The minimum atomic E-state index is -0.885. The molecule has 0 aromatic carbocycles. The Kier molecular flexibility index (Phi) is 5.23. The van der Waals surface area contributed by atoms with E-state index in [9.17, 15) is 9.59 Å². The molecule has 6 nitrogen and oxygen atoms in total. The van der Waals surface area contributed by atoms with Crippen molar-refractivity contribution in [3.05, 3.63) is 0 Å². The minimum absolute atomic E-state index is 0.0333. The highest BCUT2D eigenvalue weighted by Crippen LogP contribution is 2.38. The Balaban J connectivity index is 1.79. The minimum Gasteiger partial charge on any atom is -0.481 e.